The van der Waals surface area contributed by atoms with Crippen molar-refractivity contribution in [3.8, 4) is 0 Å². The molecule has 0 saturated heterocycles. The van der Waals surface area contributed by atoms with Crippen LogP contribution in [0.4, 0.5) is 11.4 Å². The number of rotatable bonds is 4. The van der Waals surface area contributed by atoms with Crippen LogP contribution < -0.4 is 9.62 Å². The Morgan fingerprint density at radius 3 is 2.33 bits per heavy atom. The summed E-state index contributed by atoms with van der Waals surface area (Å²) in [6.45, 7) is 1.84. The van der Waals surface area contributed by atoms with E-state index in [2.05, 4.69) is 10.1 Å². The number of fused-ring (bicyclic) bond motifs is 1. The first-order chi connectivity index (χ1) is 12.7. The summed E-state index contributed by atoms with van der Waals surface area (Å²) in [5.41, 5.74) is 2.81. The SMILES string of the molecule is COC(=O)c1ccc(NC(=O)c2ccc3c(c2)CC(C)N3S(C)(=O)=O)cc1. The summed E-state index contributed by atoms with van der Waals surface area (Å²) in [7, 11) is -2.06. The van der Waals surface area contributed by atoms with Gasteiger partial charge in [0.2, 0.25) is 10.0 Å². The molecule has 0 saturated carbocycles. The van der Waals surface area contributed by atoms with Gasteiger partial charge in [-0.2, -0.15) is 0 Å². The van der Waals surface area contributed by atoms with E-state index in [1.165, 1.54) is 17.7 Å². The Morgan fingerprint density at radius 2 is 1.74 bits per heavy atom. The van der Waals surface area contributed by atoms with E-state index in [1.54, 1.807) is 42.5 Å². The number of hydrogen-bond acceptors (Lipinski definition) is 5. The van der Waals surface area contributed by atoms with Crippen LogP contribution in [0.5, 0.6) is 0 Å². The second-order valence-corrected chi connectivity index (χ2v) is 8.34. The van der Waals surface area contributed by atoms with Crippen molar-refractivity contribution >= 4 is 33.3 Å². The van der Waals surface area contributed by atoms with Crippen LogP contribution in [-0.4, -0.2) is 39.7 Å². The van der Waals surface area contributed by atoms with Crippen molar-refractivity contribution in [1.29, 1.82) is 0 Å². The second-order valence-electron chi connectivity index (χ2n) is 6.48. The first-order valence-corrected chi connectivity index (χ1v) is 10.2. The van der Waals surface area contributed by atoms with E-state index in [4.69, 9.17) is 0 Å². The van der Waals surface area contributed by atoms with Gasteiger partial charge in [0, 0.05) is 17.3 Å². The molecule has 142 valence electrons. The highest BCUT2D eigenvalue weighted by Crippen LogP contribution is 2.34. The molecule has 0 spiro atoms. The molecule has 1 atom stereocenters. The maximum absolute atomic E-state index is 12.5. The summed E-state index contributed by atoms with van der Waals surface area (Å²) in [4.78, 5) is 24.0. The fourth-order valence-electron chi connectivity index (χ4n) is 3.26. The number of amides is 1. The molecule has 1 aliphatic rings. The van der Waals surface area contributed by atoms with Crippen LogP contribution in [0, 0.1) is 0 Å². The van der Waals surface area contributed by atoms with Gasteiger partial charge in [-0.25, -0.2) is 13.2 Å². The average molecular weight is 388 g/mol. The quantitative estimate of drug-likeness (QED) is 0.812. The molecule has 1 unspecified atom stereocenters. The lowest BCUT2D eigenvalue weighted by Crippen LogP contribution is -2.34. The molecule has 0 aromatic heterocycles. The minimum absolute atomic E-state index is 0.181. The highest BCUT2D eigenvalue weighted by Gasteiger charge is 2.32. The molecule has 2 aromatic carbocycles. The zero-order valence-corrected chi connectivity index (χ0v) is 16.0. The Bertz CT molecular complexity index is 999. The monoisotopic (exact) mass is 388 g/mol. The van der Waals surface area contributed by atoms with Gasteiger partial charge in [0.1, 0.15) is 0 Å². The Balaban J connectivity index is 1.79. The standard InChI is InChI=1S/C19H20N2O5S/c1-12-10-15-11-14(6-9-17(15)21(12)27(3,24)25)18(22)20-16-7-4-13(5-8-16)19(23)26-2/h4-9,11-12H,10H2,1-3H3,(H,20,22). The van der Waals surface area contributed by atoms with E-state index in [-0.39, 0.29) is 11.9 Å². The number of esters is 1. The molecule has 27 heavy (non-hydrogen) atoms. The van der Waals surface area contributed by atoms with Crippen LogP contribution in [0.2, 0.25) is 0 Å². The summed E-state index contributed by atoms with van der Waals surface area (Å²) < 4.78 is 30.0. The van der Waals surface area contributed by atoms with E-state index >= 15 is 0 Å². The molecule has 3 rings (SSSR count). The van der Waals surface area contributed by atoms with Crippen molar-refractivity contribution in [3.05, 3.63) is 59.2 Å². The van der Waals surface area contributed by atoms with Crippen molar-refractivity contribution in [2.45, 2.75) is 19.4 Å². The minimum atomic E-state index is -3.37. The fraction of sp³-hybridized carbons (Fsp3) is 0.263. The van der Waals surface area contributed by atoms with Gasteiger partial charge in [-0.15, -0.1) is 0 Å². The Kier molecular flexibility index (Phi) is 4.93. The largest absolute Gasteiger partial charge is 0.465 e. The fourth-order valence-corrected chi connectivity index (χ4v) is 4.52. The van der Waals surface area contributed by atoms with Crippen LogP contribution >= 0.6 is 0 Å². The number of sulfonamides is 1. The van der Waals surface area contributed by atoms with Crippen molar-refractivity contribution in [3.63, 3.8) is 0 Å². The number of nitrogens with zero attached hydrogens (tertiary/aromatic N) is 1. The van der Waals surface area contributed by atoms with Crippen LogP contribution in [0.1, 0.15) is 33.2 Å². The van der Waals surface area contributed by atoms with Gasteiger partial charge in [0.05, 0.1) is 24.6 Å². The number of carbonyl (C=O) groups excluding carboxylic acids is 2. The molecule has 0 fully saturated rings. The van der Waals surface area contributed by atoms with Gasteiger partial charge in [-0.1, -0.05) is 0 Å². The van der Waals surface area contributed by atoms with Gasteiger partial charge >= 0.3 is 5.97 Å². The Hall–Kier alpha value is -2.87. The van der Waals surface area contributed by atoms with Crippen molar-refractivity contribution in [2.24, 2.45) is 0 Å². The molecule has 0 bridgehead atoms. The lowest BCUT2D eigenvalue weighted by Gasteiger charge is -2.21. The highest BCUT2D eigenvalue weighted by molar-refractivity contribution is 7.92. The maximum Gasteiger partial charge on any atom is 0.337 e. The summed E-state index contributed by atoms with van der Waals surface area (Å²) in [6.07, 6.45) is 1.73. The first-order valence-electron chi connectivity index (χ1n) is 8.33. The molecule has 2 aromatic rings. The van der Waals surface area contributed by atoms with E-state index in [0.717, 1.165) is 5.56 Å². The zero-order valence-electron chi connectivity index (χ0n) is 15.2. The number of benzene rings is 2. The smallest absolute Gasteiger partial charge is 0.337 e. The molecule has 1 heterocycles. The van der Waals surface area contributed by atoms with Crippen LogP contribution in [0.3, 0.4) is 0 Å². The summed E-state index contributed by atoms with van der Waals surface area (Å²) in [6, 6.07) is 11.2. The van der Waals surface area contributed by atoms with E-state index in [1.807, 2.05) is 6.92 Å². The third-order valence-corrected chi connectivity index (χ3v) is 5.69. The van der Waals surface area contributed by atoms with Gasteiger partial charge in [0.15, 0.2) is 0 Å². The lowest BCUT2D eigenvalue weighted by molar-refractivity contribution is 0.0600. The predicted octanol–water partition coefficient (Wildman–Crippen LogP) is 2.44. The second kappa shape index (κ2) is 7.03. The Labute approximate surface area is 158 Å². The van der Waals surface area contributed by atoms with E-state index in [9.17, 15) is 18.0 Å². The highest BCUT2D eigenvalue weighted by atomic mass is 32.2. The minimum Gasteiger partial charge on any atom is -0.465 e. The van der Waals surface area contributed by atoms with E-state index in [0.29, 0.717) is 28.9 Å². The summed E-state index contributed by atoms with van der Waals surface area (Å²) in [5.74, 6) is -0.759. The molecular weight excluding hydrogens is 368 g/mol. The topological polar surface area (TPSA) is 92.8 Å². The molecule has 7 nitrogen and oxygen atoms in total. The first kappa shape index (κ1) is 18.9. The normalized spacial score (nSPS) is 16.0. The van der Waals surface area contributed by atoms with Crippen molar-refractivity contribution in [2.75, 3.05) is 23.0 Å². The van der Waals surface area contributed by atoms with Gasteiger partial charge < -0.3 is 10.1 Å². The molecule has 1 aliphatic heterocycles. The number of ether oxygens (including phenoxy) is 1. The number of anilines is 2. The lowest BCUT2D eigenvalue weighted by atomic mass is 10.1. The van der Waals surface area contributed by atoms with Crippen LogP contribution in [0.15, 0.2) is 42.5 Å². The zero-order chi connectivity index (χ0) is 19.8. The number of nitrogens with one attached hydrogen (secondary N) is 1. The predicted molar refractivity (Wildman–Crippen MR) is 103 cm³/mol. The maximum atomic E-state index is 12.5. The van der Waals surface area contributed by atoms with Crippen LogP contribution in [-0.2, 0) is 21.2 Å². The van der Waals surface area contributed by atoms with Crippen LogP contribution in [0.25, 0.3) is 0 Å². The summed E-state index contributed by atoms with van der Waals surface area (Å²) in [5, 5.41) is 2.76. The van der Waals surface area contributed by atoms with Crippen molar-refractivity contribution < 1.29 is 22.7 Å². The third-order valence-electron chi connectivity index (χ3n) is 4.42. The summed E-state index contributed by atoms with van der Waals surface area (Å²) >= 11 is 0. The molecule has 1 N–H and O–H groups in total. The third kappa shape index (κ3) is 3.80. The van der Waals surface area contributed by atoms with E-state index < -0.39 is 16.0 Å². The van der Waals surface area contributed by atoms with Gasteiger partial charge in [-0.05, 0) is 61.4 Å². The van der Waals surface area contributed by atoms with Gasteiger partial charge in [0.25, 0.3) is 5.91 Å². The number of carbonyl (C=O) groups is 2. The van der Waals surface area contributed by atoms with Gasteiger partial charge in [-0.3, -0.25) is 9.10 Å². The molecule has 0 radical (unpaired) electrons. The Morgan fingerprint density at radius 1 is 1.11 bits per heavy atom. The van der Waals surface area contributed by atoms with Crippen molar-refractivity contribution in [1.82, 2.24) is 0 Å². The molecular formula is C19H20N2O5S. The number of hydrogen-bond donors (Lipinski definition) is 1. The molecule has 1 amide bonds. The number of methoxy groups -OCH3 is 1. The average Bonchev–Trinajstić information content (AvgIpc) is 2.96. The molecule has 8 heteroatoms. The molecule has 0 aliphatic carbocycles.